The lowest BCUT2D eigenvalue weighted by atomic mass is 9.82. The molecule has 0 saturated carbocycles. The smallest absolute Gasteiger partial charge is 0.310 e. The third-order valence-electron chi connectivity index (χ3n) is 4.41. The molecule has 0 radical (unpaired) electrons. The number of anilines is 1. The maximum atomic E-state index is 12.6. The Balaban J connectivity index is 1.86. The molecular formula is C17H19NO4. The Bertz CT molecular complexity index is 656. The minimum atomic E-state index is -0.991. The van der Waals surface area contributed by atoms with Gasteiger partial charge in [-0.25, -0.2) is 0 Å². The topological polar surface area (TPSA) is 75.6 Å². The number of nitrogens with one attached hydrogen (secondary N) is 1. The van der Waals surface area contributed by atoms with Crippen LogP contribution in [0.1, 0.15) is 16.7 Å². The van der Waals surface area contributed by atoms with Crippen molar-refractivity contribution in [1.29, 1.82) is 0 Å². The van der Waals surface area contributed by atoms with Gasteiger partial charge in [-0.2, -0.15) is 0 Å². The van der Waals surface area contributed by atoms with Gasteiger partial charge in [0, 0.05) is 5.69 Å². The summed E-state index contributed by atoms with van der Waals surface area (Å²) in [4.78, 5) is 24.1. The van der Waals surface area contributed by atoms with E-state index in [-0.39, 0.29) is 5.91 Å². The Hall–Kier alpha value is -2.14. The molecule has 0 spiro atoms. The summed E-state index contributed by atoms with van der Waals surface area (Å²) < 4.78 is 5.54. The number of aryl methyl sites for hydroxylation is 3. The normalized spacial score (nSPS) is 28.9. The van der Waals surface area contributed by atoms with E-state index in [1.54, 1.807) is 12.2 Å². The van der Waals surface area contributed by atoms with Crippen LogP contribution in [0.5, 0.6) is 0 Å². The fraction of sp³-hybridized carbons (Fsp3) is 0.412. The number of fused-ring (bicyclic) bond motifs is 2. The van der Waals surface area contributed by atoms with Gasteiger partial charge in [0.1, 0.15) is 5.92 Å². The van der Waals surface area contributed by atoms with Crippen LogP contribution in [0.4, 0.5) is 5.69 Å². The lowest BCUT2D eigenvalue weighted by Gasteiger charge is -2.22. The molecule has 1 aromatic rings. The standard InChI is InChI=1S/C17H19NO4/c1-8-6-9(2)15(10(3)7-8)18-16(19)13-11-4-5-12(22-11)14(13)17(20)21/h4-7,11-14H,1-3H3,(H,18,19)(H,20,21). The van der Waals surface area contributed by atoms with Crippen LogP contribution in [0.2, 0.25) is 0 Å². The van der Waals surface area contributed by atoms with Crippen molar-refractivity contribution in [2.24, 2.45) is 11.8 Å². The highest BCUT2D eigenvalue weighted by atomic mass is 16.5. The van der Waals surface area contributed by atoms with Crippen LogP contribution in [0.15, 0.2) is 24.3 Å². The summed E-state index contributed by atoms with van der Waals surface area (Å²) in [7, 11) is 0. The van der Waals surface area contributed by atoms with Crippen LogP contribution in [0, 0.1) is 32.6 Å². The fourth-order valence-corrected chi connectivity index (χ4v) is 3.50. The Labute approximate surface area is 129 Å². The fourth-order valence-electron chi connectivity index (χ4n) is 3.50. The molecule has 22 heavy (non-hydrogen) atoms. The van der Waals surface area contributed by atoms with Gasteiger partial charge in [0.25, 0.3) is 0 Å². The van der Waals surface area contributed by atoms with Crippen LogP contribution in [-0.4, -0.2) is 29.2 Å². The molecule has 116 valence electrons. The van der Waals surface area contributed by atoms with E-state index in [0.29, 0.717) is 0 Å². The molecule has 0 aromatic heterocycles. The summed E-state index contributed by atoms with van der Waals surface area (Å²) >= 11 is 0. The van der Waals surface area contributed by atoms with E-state index in [1.807, 2.05) is 32.9 Å². The maximum absolute atomic E-state index is 12.6. The van der Waals surface area contributed by atoms with Gasteiger partial charge in [-0.05, 0) is 31.9 Å². The third-order valence-corrected chi connectivity index (χ3v) is 4.41. The van der Waals surface area contributed by atoms with Gasteiger partial charge < -0.3 is 15.2 Å². The van der Waals surface area contributed by atoms with Gasteiger partial charge in [0.2, 0.25) is 5.91 Å². The first kappa shape index (κ1) is 14.8. The number of carbonyl (C=O) groups excluding carboxylic acids is 1. The van der Waals surface area contributed by atoms with Crippen molar-refractivity contribution >= 4 is 17.6 Å². The summed E-state index contributed by atoms with van der Waals surface area (Å²) in [6.45, 7) is 5.86. The van der Waals surface area contributed by atoms with Gasteiger partial charge in [0.15, 0.2) is 0 Å². The van der Waals surface area contributed by atoms with Crippen LogP contribution in [-0.2, 0) is 14.3 Å². The van der Waals surface area contributed by atoms with Crippen LogP contribution >= 0.6 is 0 Å². The number of hydrogen-bond donors (Lipinski definition) is 2. The molecule has 5 nitrogen and oxygen atoms in total. The second-order valence-corrected chi connectivity index (χ2v) is 6.10. The highest BCUT2D eigenvalue weighted by Gasteiger charge is 2.53. The summed E-state index contributed by atoms with van der Waals surface area (Å²) in [5.74, 6) is -2.79. The number of aliphatic carboxylic acids is 1. The number of carbonyl (C=O) groups is 2. The van der Waals surface area contributed by atoms with Crippen LogP contribution in [0.3, 0.4) is 0 Å². The maximum Gasteiger partial charge on any atom is 0.310 e. The SMILES string of the molecule is Cc1cc(C)c(NC(=O)C2C3C=CC(O3)C2C(=O)O)c(C)c1. The first-order valence-electron chi connectivity index (χ1n) is 7.34. The number of ether oxygens (including phenoxy) is 1. The summed E-state index contributed by atoms with van der Waals surface area (Å²) in [6.07, 6.45) is 2.56. The molecule has 0 aliphatic carbocycles. The van der Waals surface area contributed by atoms with Gasteiger partial charge in [-0.15, -0.1) is 0 Å². The molecule has 2 aliphatic heterocycles. The Kier molecular flexibility index (Phi) is 3.53. The second-order valence-electron chi connectivity index (χ2n) is 6.10. The van der Waals surface area contributed by atoms with Crippen molar-refractivity contribution in [3.05, 3.63) is 41.0 Å². The number of rotatable bonds is 3. The molecular weight excluding hydrogens is 282 g/mol. The van der Waals surface area contributed by atoms with E-state index in [2.05, 4.69) is 5.32 Å². The quantitative estimate of drug-likeness (QED) is 0.839. The molecule has 1 fully saturated rings. The van der Waals surface area contributed by atoms with E-state index >= 15 is 0 Å². The summed E-state index contributed by atoms with van der Waals surface area (Å²) in [6, 6.07) is 3.99. The van der Waals surface area contributed by atoms with Gasteiger partial charge in [-0.1, -0.05) is 29.8 Å². The molecule has 4 unspecified atom stereocenters. The minimum absolute atomic E-state index is 0.292. The molecule has 2 aliphatic rings. The van der Waals surface area contributed by atoms with Crippen molar-refractivity contribution in [3.8, 4) is 0 Å². The van der Waals surface area contributed by atoms with E-state index < -0.39 is 30.0 Å². The number of hydrogen-bond acceptors (Lipinski definition) is 3. The molecule has 4 atom stereocenters. The third kappa shape index (κ3) is 2.31. The van der Waals surface area contributed by atoms with Gasteiger partial charge >= 0.3 is 5.97 Å². The lowest BCUT2D eigenvalue weighted by molar-refractivity contribution is -0.145. The Morgan fingerprint density at radius 1 is 1.05 bits per heavy atom. The molecule has 2 heterocycles. The predicted molar refractivity (Wildman–Crippen MR) is 81.7 cm³/mol. The van der Waals surface area contributed by atoms with Crippen molar-refractivity contribution in [2.75, 3.05) is 5.32 Å². The molecule has 3 rings (SSSR count). The lowest BCUT2D eigenvalue weighted by Crippen LogP contribution is -2.39. The average molecular weight is 301 g/mol. The summed E-state index contributed by atoms with van der Waals surface area (Å²) in [5, 5.41) is 12.3. The molecule has 1 amide bonds. The van der Waals surface area contributed by atoms with Crippen molar-refractivity contribution < 1.29 is 19.4 Å². The number of benzene rings is 1. The number of carboxylic acid groups (broad SMARTS) is 1. The van der Waals surface area contributed by atoms with E-state index in [0.717, 1.165) is 22.4 Å². The van der Waals surface area contributed by atoms with Gasteiger partial charge in [0.05, 0.1) is 18.1 Å². The molecule has 2 N–H and O–H groups in total. The van der Waals surface area contributed by atoms with E-state index in [4.69, 9.17) is 4.74 Å². The zero-order valence-corrected chi connectivity index (χ0v) is 12.8. The molecule has 1 aromatic carbocycles. The van der Waals surface area contributed by atoms with E-state index in [9.17, 15) is 14.7 Å². The first-order valence-corrected chi connectivity index (χ1v) is 7.34. The first-order chi connectivity index (χ1) is 10.4. The highest BCUT2D eigenvalue weighted by Crippen LogP contribution is 2.40. The molecule has 5 heteroatoms. The molecule has 1 saturated heterocycles. The average Bonchev–Trinajstić information content (AvgIpc) is 3.02. The largest absolute Gasteiger partial charge is 0.481 e. The van der Waals surface area contributed by atoms with E-state index in [1.165, 1.54) is 0 Å². The number of carboxylic acids is 1. The summed E-state index contributed by atoms with van der Waals surface area (Å²) in [5.41, 5.74) is 3.82. The minimum Gasteiger partial charge on any atom is -0.481 e. The predicted octanol–water partition coefficient (Wildman–Crippen LogP) is 2.20. The highest BCUT2D eigenvalue weighted by molar-refractivity contribution is 5.97. The van der Waals surface area contributed by atoms with Gasteiger partial charge in [-0.3, -0.25) is 9.59 Å². The van der Waals surface area contributed by atoms with Crippen molar-refractivity contribution in [3.63, 3.8) is 0 Å². The Morgan fingerprint density at radius 2 is 1.59 bits per heavy atom. The van der Waals surface area contributed by atoms with Crippen LogP contribution < -0.4 is 5.32 Å². The number of amides is 1. The Morgan fingerprint density at radius 3 is 2.14 bits per heavy atom. The second kappa shape index (κ2) is 5.25. The molecule has 2 bridgehead atoms. The van der Waals surface area contributed by atoms with Crippen LogP contribution in [0.25, 0.3) is 0 Å². The zero-order chi connectivity index (χ0) is 16.0. The van der Waals surface area contributed by atoms with Crippen molar-refractivity contribution in [1.82, 2.24) is 0 Å². The monoisotopic (exact) mass is 301 g/mol. The van der Waals surface area contributed by atoms with Crippen molar-refractivity contribution in [2.45, 2.75) is 33.0 Å². The zero-order valence-electron chi connectivity index (χ0n) is 12.8.